The maximum atomic E-state index is 12.8. The van der Waals surface area contributed by atoms with Crippen LogP contribution >= 0.6 is 0 Å². The van der Waals surface area contributed by atoms with Gasteiger partial charge in [-0.1, -0.05) is 18.2 Å². The van der Waals surface area contributed by atoms with Gasteiger partial charge < -0.3 is 14.0 Å². The van der Waals surface area contributed by atoms with Crippen molar-refractivity contribution in [3.05, 3.63) is 56.5 Å². The number of aromatic nitrogens is 4. The van der Waals surface area contributed by atoms with E-state index in [1.54, 1.807) is 24.6 Å². The number of carbonyl (C=O) groups is 1. The van der Waals surface area contributed by atoms with E-state index < -0.39 is 0 Å². The highest BCUT2D eigenvalue weighted by atomic mass is 16.6. The summed E-state index contributed by atoms with van der Waals surface area (Å²) < 4.78 is 14.8. The van der Waals surface area contributed by atoms with E-state index in [1.165, 1.54) is 16.1 Å². The van der Waals surface area contributed by atoms with E-state index in [2.05, 4.69) is 4.98 Å². The van der Waals surface area contributed by atoms with Crippen molar-refractivity contribution in [2.75, 3.05) is 13.2 Å². The van der Waals surface area contributed by atoms with Crippen molar-refractivity contribution in [1.82, 2.24) is 18.7 Å². The average Bonchev–Trinajstić information content (AvgIpc) is 3.07. The Morgan fingerprint density at radius 3 is 2.32 bits per heavy atom. The summed E-state index contributed by atoms with van der Waals surface area (Å²) in [4.78, 5) is 40.6. The lowest BCUT2D eigenvalue weighted by molar-refractivity contribution is -0.141. The second kappa shape index (κ2) is 9.46. The van der Waals surface area contributed by atoms with Gasteiger partial charge >= 0.3 is 11.7 Å². The Balaban J connectivity index is 1.84. The largest absolute Gasteiger partial charge is 0.490 e. The van der Waals surface area contributed by atoms with Crippen molar-refractivity contribution < 1.29 is 14.3 Å². The standard InChI is InChI=1S/C22H26N4O5/c1-5-25-20-19(21(28)26(6-2)22(25)29)24(4)18(23-20)12-9-16-7-10-17(11-8-16)31-14-13-30-15(3)27/h7-12H,5-6,13-14H2,1-4H3. The number of nitrogens with zero attached hydrogens (tertiary/aromatic N) is 4. The van der Waals surface area contributed by atoms with E-state index in [0.29, 0.717) is 35.8 Å². The van der Waals surface area contributed by atoms with Crippen molar-refractivity contribution in [2.45, 2.75) is 33.9 Å². The molecule has 31 heavy (non-hydrogen) atoms. The summed E-state index contributed by atoms with van der Waals surface area (Å²) in [6.07, 6.45) is 3.67. The Morgan fingerprint density at radius 1 is 1.03 bits per heavy atom. The van der Waals surface area contributed by atoms with Crippen molar-refractivity contribution in [3.8, 4) is 5.75 Å². The number of rotatable bonds is 8. The maximum Gasteiger partial charge on any atom is 0.332 e. The van der Waals surface area contributed by atoms with Crippen LogP contribution in [0.15, 0.2) is 33.9 Å². The molecule has 164 valence electrons. The summed E-state index contributed by atoms with van der Waals surface area (Å²) in [5.41, 5.74) is 1.02. The van der Waals surface area contributed by atoms with E-state index in [4.69, 9.17) is 9.47 Å². The molecule has 0 bridgehead atoms. The van der Waals surface area contributed by atoms with Gasteiger partial charge in [-0.25, -0.2) is 9.78 Å². The zero-order valence-electron chi connectivity index (χ0n) is 18.1. The molecule has 0 spiro atoms. The summed E-state index contributed by atoms with van der Waals surface area (Å²) in [6.45, 7) is 6.19. The van der Waals surface area contributed by atoms with Gasteiger partial charge in [-0.2, -0.15) is 0 Å². The molecule has 1 aromatic carbocycles. The van der Waals surface area contributed by atoms with E-state index in [-0.39, 0.29) is 30.4 Å². The predicted octanol–water partition coefficient (Wildman–Crippen LogP) is 2.05. The van der Waals surface area contributed by atoms with Crippen LogP contribution < -0.4 is 16.0 Å². The molecule has 2 heterocycles. The molecule has 0 unspecified atom stereocenters. The zero-order valence-corrected chi connectivity index (χ0v) is 18.1. The Labute approximate surface area is 179 Å². The van der Waals surface area contributed by atoms with E-state index in [9.17, 15) is 14.4 Å². The lowest BCUT2D eigenvalue weighted by Crippen LogP contribution is -2.39. The first kappa shape index (κ1) is 22.1. The molecule has 3 aromatic rings. The van der Waals surface area contributed by atoms with E-state index in [1.807, 2.05) is 37.3 Å². The lowest BCUT2D eigenvalue weighted by Gasteiger charge is -2.08. The second-order valence-corrected chi connectivity index (χ2v) is 6.87. The molecule has 0 fully saturated rings. The molecule has 0 aliphatic carbocycles. The fraction of sp³-hybridized carbons (Fsp3) is 0.364. The SMILES string of the molecule is CCn1c(=O)c2c(nc(C=Cc3ccc(OCCOC(C)=O)cc3)n2C)n(CC)c1=O. The highest BCUT2D eigenvalue weighted by Gasteiger charge is 2.17. The summed E-state index contributed by atoms with van der Waals surface area (Å²) in [7, 11) is 1.76. The van der Waals surface area contributed by atoms with Crippen molar-refractivity contribution in [3.63, 3.8) is 0 Å². The first-order valence-corrected chi connectivity index (χ1v) is 10.1. The number of hydrogen-bond donors (Lipinski definition) is 0. The zero-order chi connectivity index (χ0) is 22.5. The molecule has 9 nitrogen and oxygen atoms in total. The normalized spacial score (nSPS) is 11.4. The number of hydrogen-bond acceptors (Lipinski definition) is 6. The van der Waals surface area contributed by atoms with Gasteiger partial charge in [0.05, 0.1) is 0 Å². The summed E-state index contributed by atoms with van der Waals surface area (Å²) in [5, 5.41) is 0. The molecular formula is C22H26N4O5. The van der Waals surface area contributed by atoms with Crippen LogP contribution in [0.4, 0.5) is 0 Å². The van der Waals surface area contributed by atoms with Gasteiger partial charge in [0.15, 0.2) is 11.2 Å². The molecule has 0 N–H and O–H groups in total. The number of benzene rings is 1. The van der Waals surface area contributed by atoms with Crippen LogP contribution in [0, 0.1) is 0 Å². The van der Waals surface area contributed by atoms with Crippen molar-refractivity contribution >= 4 is 29.3 Å². The molecule has 2 aromatic heterocycles. The molecule has 9 heteroatoms. The van der Waals surface area contributed by atoms with Crippen LogP contribution in [0.5, 0.6) is 5.75 Å². The highest BCUT2D eigenvalue weighted by Crippen LogP contribution is 2.16. The number of fused-ring (bicyclic) bond motifs is 1. The van der Waals surface area contributed by atoms with Crippen molar-refractivity contribution in [1.29, 1.82) is 0 Å². The Kier molecular flexibility index (Phi) is 6.74. The Morgan fingerprint density at radius 2 is 1.71 bits per heavy atom. The monoisotopic (exact) mass is 426 g/mol. The molecular weight excluding hydrogens is 400 g/mol. The molecule has 0 amide bonds. The number of carbonyl (C=O) groups excluding carboxylic acids is 1. The lowest BCUT2D eigenvalue weighted by atomic mass is 10.2. The van der Waals surface area contributed by atoms with Gasteiger partial charge in [-0.3, -0.25) is 18.7 Å². The fourth-order valence-corrected chi connectivity index (χ4v) is 3.28. The molecule has 0 saturated carbocycles. The van der Waals surface area contributed by atoms with Crippen molar-refractivity contribution in [2.24, 2.45) is 7.05 Å². The summed E-state index contributed by atoms with van der Waals surface area (Å²) >= 11 is 0. The smallest absolute Gasteiger partial charge is 0.332 e. The minimum absolute atomic E-state index is 0.201. The molecule has 0 saturated heterocycles. The third-order valence-electron chi connectivity index (χ3n) is 4.87. The van der Waals surface area contributed by atoms with Crippen LogP contribution in [0.3, 0.4) is 0 Å². The molecule has 0 aliphatic heterocycles. The number of imidazole rings is 1. The fourth-order valence-electron chi connectivity index (χ4n) is 3.28. The third-order valence-corrected chi connectivity index (χ3v) is 4.87. The molecule has 0 radical (unpaired) electrons. The van der Waals surface area contributed by atoms with Crippen LogP contribution in [0.25, 0.3) is 23.3 Å². The second-order valence-electron chi connectivity index (χ2n) is 6.87. The molecule has 3 rings (SSSR count). The Hall–Kier alpha value is -3.62. The average molecular weight is 426 g/mol. The van der Waals surface area contributed by atoms with Gasteiger partial charge in [-0.15, -0.1) is 0 Å². The van der Waals surface area contributed by atoms with Gasteiger partial charge in [-0.05, 0) is 37.6 Å². The van der Waals surface area contributed by atoms with Crippen LogP contribution in [-0.4, -0.2) is 37.9 Å². The summed E-state index contributed by atoms with van der Waals surface area (Å²) in [5.74, 6) is 0.902. The summed E-state index contributed by atoms with van der Waals surface area (Å²) in [6, 6.07) is 7.40. The maximum absolute atomic E-state index is 12.8. The van der Waals surface area contributed by atoms with Crippen LogP contribution in [0.2, 0.25) is 0 Å². The Bertz CT molecular complexity index is 1230. The highest BCUT2D eigenvalue weighted by molar-refractivity contribution is 5.76. The number of aryl methyl sites for hydroxylation is 2. The minimum Gasteiger partial charge on any atom is -0.490 e. The van der Waals surface area contributed by atoms with Crippen LogP contribution in [0.1, 0.15) is 32.2 Å². The van der Waals surface area contributed by atoms with E-state index in [0.717, 1.165) is 5.56 Å². The van der Waals surface area contributed by atoms with E-state index >= 15 is 0 Å². The first-order chi connectivity index (χ1) is 14.9. The van der Waals surface area contributed by atoms with Crippen LogP contribution in [-0.2, 0) is 29.7 Å². The number of esters is 1. The third kappa shape index (κ3) is 4.60. The minimum atomic E-state index is -0.347. The topological polar surface area (TPSA) is 97.4 Å². The van der Waals surface area contributed by atoms with Gasteiger partial charge in [0.2, 0.25) is 0 Å². The van der Waals surface area contributed by atoms with Gasteiger partial charge in [0.1, 0.15) is 24.8 Å². The molecule has 0 aliphatic rings. The first-order valence-electron chi connectivity index (χ1n) is 10.1. The predicted molar refractivity (Wildman–Crippen MR) is 118 cm³/mol. The quantitative estimate of drug-likeness (QED) is 0.404. The number of ether oxygens (including phenoxy) is 2. The van der Waals surface area contributed by atoms with Gasteiger partial charge in [0, 0.05) is 27.1 Å². The molecule has 0 atom stereocenters. The van der Waals surface area contributed by atoms with Gasteiger partial charge in [0.25, 0.3) is 5.56 Å².